The molecule has 0 spiro atoms. The third-order valence-corrected chi connectivity index (χ3v) is 4.20. The molecule has 2 N–H and O–H groups in total. The molecule has 1 aliphatic heterocycles. The molecule has 0 bridgehead atoms. The van der Waals surface area contributed by atoms with Gasteiger partial charge in [-0.1, -0.05) is 27.2 Å². The molecular formula is C15H26N4. The van der Waals surface area contributed by atoms with Gasteiger partial charge < -0.3 is 10.6 Å². The van der Waals surface area contributed by atoms with E-state index in [9.17, 15) is 0 Å². The van der Waals surface area contributed by atoms with Crippen molar-refractivity contribution in [3.63, 3.8) is 0 Å². The average Bonchev–Trinajstić information content (AvgIpc) is 2.63. The monoisotopic (exact) mass is 262 g/mol. The lowest BCUT2D eigenvalue weighted by atomic mass is 9.98. The highest BCUT2D eigenvalue weighted by Crippen LogP contribution is 2.31. The molecule has 106 valence electrons. The first-order valence-electron chi connectivity index (χ1n) is 7.48. The van der Waals surface area contributed by atoms with Crippen molar-refractivity contribution in [1.82, 2.24) is 9.97 Å². The number of nitrogen functional groups attached to an aromatic ring is 1. The smallest absolute Gasteiger partial charge is 0.137 e. The van der Waals surface area contributed by atoms with Crippen LogP contribution in [0.5, 0.6) is 0 Å². The summed E-state index contributed by atoms with van der Waals surface area (Å²) >= 11 is 0. The van der Waals surface area contributed by atoms with Crippen molar-refractivity contribution in [2.24, 2.45) is 5.92 Å². The van der Waals surface area contributed by atoms with Crippen molar-refractivity contribution < 1.29 is 0 Å². The summed E-state index contributed by atoms with van der Waals surface area (Å²) in [5.41, 5.74) is 7.15. The highest BCUT2D eigenvalue weighted by atomic mass is 15.2. The molecule has 1 aromatic rings. The minimum Gasteiger partial charge on any atom is -0.383 e. The predicted molar refractivity (Wildman–Crippen MR) is 80.4 cm³/mol. The van der Waals surface area contributed by atoms with Crippen LogP contribution in [0, 0.1) is 5.92 Å². The van der Waals surface area contributed by atoms with Gasteiger partial charge in [-0.05, 0) is 31.1 Å². The molecule has 0 radical (unpaired) electrons. The second kappa shape index (κ2) is 6.22. The molecule has 1 atom stereocenters. The maximum atomic E-state index is 6.04. The quantitative estimate of drug-likeness (QED) is 0.909. The minimum atomic E-state index is 0.362. The molecule has 2 heterocycles. The van der Waals surface area contributed by atoms with Crippen LogP contribution in [-0.2, 0) is 0 Å². The van der Waals surface area contributed by atoms with E-state index in [-0.39, 0.29) is 0 Å². The molecule has 0 saturated carbocycles. The Bertz CT molecular complexity index is 417. The lowest BCUT2D eigenvalue weighted by Crippen LogP contribution is -2.27. The third kappa shape index (κ3) is 3.17. The predicted octanol–water partition coefficient (Wildman–Crippen LogP) is 3.20. The normalized spacial score (nSPS) is 20.6. The lowest BCUT2D eigenvalue weighted by Gasteiger charge is -2.26. The molecule has 1 aromatic heterocycles. The summed E-state index contributed by atoms with van der Waals surface area (Å²) in [4.78, 5) is 11.1. The van der Waals surface area contributed by atoms with Crippen molar-refractivity contribution in [2.45, 2.75) is 52.4 Å². The van der Waals surface area contributed by atoms with Gasteiger partial charge in [0.05, 0.1) is 0 Å². The fourth-order valence-corrected chi connectivity index (χ4v) is 2.99. The van der Waals surface area contributed by atoms with Crippen LogP contribution >= 0.6 is 0 Å². The summed E-state index contributed by atoms with van der Waals surface area (Å²) in [6, 6.07) is 0. The van der Waals surface area contributed by atoms with E-state index < -0.39 is 0 Å². The molecule has 0 aliphatic carbocycles. The van der Waals surface area contributed by atoms with Crippen molar-refractivity contribution in [2.75, 3.05) is 23.7 Å². The second-order valence-corrected chi connectivity index (χ2v) is 5.84. The van der Waals surface area contributed by atoms with E-state index in [0.29, 0.717) is 11.7 Å². The van der Waals surface area contributed by atoms with Gasteiger partial charge in [0, 0.05) is 18.7 Å². The van der Waals surface area contributed by atoms with E-state index in [1.807, 2.05) is 0 Å². The first kappa shape index (κ1) is 14.1. The molecule has 19 heavy (non-hydrogen) atoms. The SMILES string of the molecule is CCC1CCCN(c2ncnc(N)c2C(C)C)CC1. The Morgan fingerprint density at radius 2 is 2.11 bits per heavy atom. The molecule has 1 unspecified atom stereocenters. The molecule has 4 nitrogen and oxygen atoms in total. The van der Waals surface area contributed by atoms with E-state index >= 15 is 0 Å². The van der Waals surface area contributed by atoms with E-state index in [2.05, 4.69) is 35.6 Å². The van der Waals surface area contributed by atoms with Crippen LogP contribution in [0.1, 0.15) is 57.9 Å². The number of rotatable bonds is 3. The van der Waals surface area contributed by atoms with Gasteiger partial charge in [-0.2, -0.15) is 0 Å². The summed E-state index contributed by atoms with van der Waals surface area (Å²) in [6.45, 7) is 8.79. The maximum absolute atomic E-state index is 6.04. The zero-order valence-corrected chi connectivity index (χ0v) is 12.4. The summed E-state index contributed by atoms with van der Waals surface area (Å²) in [7, 11) is 0. The lowest BCUT2D eigenvalue weighted by molar-refractivity contribution is 0.459. The summed E-state index contributed by atoms with van der Waals surface area (Å²) in [5, 5.41) is 0. The van der Waals surface area contributed by atoms with Crippen molar-refractivity contribution in [1.29, 1.82) is 0 Å². The number of nitrogens with two attached hydrogens (primary N) is 1. The first-order valence-corrected chi connectivity index (χ1v) is 7.48. The van der Waals surface area contributed by atoms with Crippen LogP contribution in [0.25, 0.3) is 0 Å². The Morgan fingerprint density at radius 3 is 2.79 bits per heavy atom. The van der Waals surface area contributed by atoms with Crippen LogP contribution in [0.4, 0.5) is 11.6 Å². The van der Waals surface area contributed by atoms with Crippen molar-refractivity contribution in [3.05, 3.63) is 11.9 Å². The molecular weight excluding hydrogens is 236 g/mol. The van der Waals surface area contributed by atoms with Gasteiger partial charge in [0.15, 0.2) is 0 Å². The van der Waals surface area contributed by atoms with Gasteiger partial charge >= 0.3 is 0 Å². The molecule has 4 heteroatoms. The van der Waals surface area contributed by atoms with Gasteiger partial charge in [0.1, 0.15) is 18.0 Å². The van der Waals surface area contributed by atoms with Crippen LogP contribution < -0.4 is 10.6 Å². The van der Waals surface area contributed by atoms with Crippen molar-refractivity contribution >= 4 is 11.6 Å². The van der Waals surface area contributed by atoms with Gasteiger partial charge in [-0.25, -0.2) is 9.97 Å². The topological polar surface area (TPSA) is 55.0 Å². The highest BCUT2D eigenvalue weighted by molar-refractivity contribution is 5.58. The zero-order valence-electron chi connectivity index (χ0n) is 12.4. The molecule has 0 aromatic carbocycles. The first-order chi connectivity index (χ1) is 9.13. The van der Waals surface area contributed by atoms with Crippen LogP contribution in [-0.4, -0.2) is 23.1 Å². The number of hydrogen-bond acceptors (Lipinski definition) is 4. The van der Waals surface area contributed by atoms with Crippen LogP contribution in [0.2, 0.25) is 0 Å². The number of aromatic nitrogens is 2. The minimum absolute atomic E-state index is 0.362. The average molecular weight is 262 g/mol. The fraction of sp³-hybridized carbons (Fsp3) is 0.733. The summed E-state index contributed by atoms with van der Waals surface area (Å²) in [5.74, 6) is 2.92. The van der Waals surface area contributed by atoms with Crippen molar-refractivity contribution in [3.8, 4) is 0 Å². The van der Waals surface area contributed by atoms with E-state index in [1.165, 1.54) is 25.7 Å². The van der Waals surface area contributed by atoms with E-state index in [4.69, 9.17) is 5.73 Å². The molecule has 0 amide bonds. The number of hydrogen-bond donors (Lipinski definition) is 1. The molecule has 1 saturated heterocycles. The summed E-state index contributed by atoms with van der Waals surface area (Å²) in [6.07, 6.45) is 6.73. The number of nitrogens with zero attached hydrogens (tertiary/aromatic N) is 3. The van der Waals surface area contributed by atoms with Gasteiger partial charge in [0.25, 0.3) is 0 Å². The molecule has 1 fully saturated rings. The fourth-order valence-electron chi connectivity index (χ4n) is 2.99. The van der Waals surface area contributed by atoms with Gasteiger partial charge in [0.2, 0.25) is 0 Å². The second-order valence-electron chi connectivity index (χ2n) is 5.84. The Morgan fingerprint density at radius 1 is 1.32 bits per heavy atom. The Labute approximate surface area is 116 Å². The van der Waals surface area contributed by atoms with Gasteiger partial charge in [-0.15, -0.1) is 0 Å². The van der Waals surface area contributed by atoms with Crippen LogP contribution in [0.15, 0.2) is 6.33 Å². The van der Waals surface area contributed by atoms with Crippen LogP contribution in [0.3, 0.4) is 0 Å². The van der Waals surface area contributed by atoms with Gasteiger partial charge in [-0.3, -0.25) is 0 Å². The maximum Gasteiger partial charge on any atom is 0.137 e. The Balaban J connectivity index is 2.24. The summed E-state index contributed by atoms with van der Waals surface area (Å²) < 4.78 is 0. The third-order valence-electron chi connectivity index (χ3n) is 4.20. The van der Waals surface area contributed by atoms with E-state index in [1.54, 1.807) is 6.33 Å². The highest BCUT2D eigenvalue weighted by Gasteiger charge is 2.21. The zero-order chi connectivity index (χ0) is 13.8. The molecule has 2 rings (SSSR count). The Kier molecular flexibility index (Phi) is 4.61. The Hall–Kier alpha value is -1.32. The molecule has 1 aliphatic rings. The largest absolute Gasteiger partial charge is 0.383 e. The number of anilines is 2. The van der Waals surface area contributed by atoms with E-state index in [0.717, 1.165) is 30.4 Å². The standard InChI is InChI=1S/C15H26N4/c1-4-12-6-5-8-19(9-7-12)15-13(11(2)3)14(16)17-10-18-15/h10-12H,4-9H2,1-3H3,(H2,16,17,18).